The van der Waals surface area contributed by atoms with Gasteiger partial charge in [0, 0.05) is 36.0 Å². The van der Waals surface area contributed by atoms with Crippen LogP contribution in [0, 0.1) is 11.6 Å². The number of halogens is 2. The Kier molecular flexibility index (Phi) is 7.88. The van der Waals surface area contributed by atoms with Crippen LogP contribution in [0.1, 0.15) is 31.8 Å². The molecule has 0 aliphatic heterocycles. The third-order valence-electron chi connectivity index (χ3n) is 7.40. The van der Waals surface area contributed by atoms with Crippen molar-refractivity contribution in [2.75, 3.05) is 5.32 Å². The lowest BCUT2D eigenvalue weighted by Crippen LogP contribution is -2.23. The van der Waals surface area contributed by atoms with Crippen molar-refractivity contribution in [3.8, 4) is 11.1 Å². The fraction of sp³-hybridized carbons (Fsp3) is 0.0556. The number of benzene rings is 5. The van der Waals surface area contributed by atoms with Crippen molar-refractivity contribution in [2.45, 2.75) is 13.1 Å². The molecule has 6 nitrogen and oxygen atoms in total. The molecular formula is C36H27F2N3O3. The molecule has 0 atom stereocenters. The van der Waals surface area contributed by atoms with E-state index < -0.39 is 5.97 Å². The zero-order chi connectivity index (χ0) is 30.6. The molecular weight excluding hydrogens is 560 g/mol. The summed E-state index contributed by atoms with van der Waals surface area (Å²) in [6.07, 6.45) is 1.92. The number of carboxylic acid groups (broad SMARTS) is 1. The number of carbonyl (C=O) groups is 2. The van der Waals surface area contributed by atoms with E-state index >= 15 is 0 Å². The first kappa shape index (κ1) is 28.4. The Morgan fingerprint density at radius 3 is 2.14 bits per heavy atom. The number of carbonyl (C=O) groups excluding carboxylic acids is 1. The molecule has 0 saturated heterocycles. The number of anilines is 2. The van der Waals surface area contributed by atoms with Gasteiger partial charge in [-0.25, -0.2) is 13.6 Å². The van der Waals surface area contributed by atoms with Crippen LogP contribution in [0.15, 0.2) is 121 Å². The van der Waals surface area contributed by atoms with Crippen LogP contribution in [-0.4, -0.2) is 21.6 Å². The molecule has 218 valence electrons. The summed E-state index contributed by atoms with van der Waals surface area (Å²) in [6, 6.07) is 32.2. The molecule has 1 amide bonds. The summed E-state index contributed by atoms with van der Waals surface area (Å²) in [5.41, 5.74) is 6.41. The summed E-state index contributed by atoms with van der Waals surface area (Å²) in [6.45, 7) is 0.686. The van der Waals surface area contributed by atoms with E-state index in [4.69, 9.17) is 5.11 Å². The van der Waals surface area contributed by atoms with Gasteiger partial charge in [0.25, 0.3) is 5.91 Å². The van der Waals surface area contributed by atoms with E-state index in [0.29, 0.717) is 23.3 Å². The van der Waals surface area contributed by atoms with Crippen molar-refractivity contribution in [1.29, 1.82) is 0 Å². The number of carboxylic acids is 1. The maximum Gasteiger partial charge on any atom is 0.335 e. The number of aromatic nitrogens is 1. The van der Waals surface area contributed by atoms with Gasteiger partial charge in [-0.3, -0.25) is 4.79 Å². The van der Waals surface area contributed by atoms with E-state index in [2.05, 4.69) is 10.6 Å². The summed E-state index contributed by atoms with van der Waals surface area (Å²) in [5.74, 6) is -1.93. The molecule has 1 heterocycles. The Morgan fingerprint density at radius 2 is 1.43 bits per heavy atom. The standard InChI is InChI=1S/C36H27F2N3O3/c37-28-10-8-25(9-11-28)27-3-1-2-24(20-27)22-41-19-18-31-33(40-30-14-12-29(38)13-15-30)17-16-32(34(31)41)35(42)39-21-23-4-6-26(7-5-23)36(43)44/h1-20,40H,21-22H2,(H,39,42)(H,43,44). The minimum atomic E-state index is -1.01. The lowest BCUT2D eigenvalue weighted by atomic mass is 10.0. The smallest absolute Gasteiger partial charge is 0.335 e. The van der Waals surface area contributed by atoms with Gasteiger partial charge in [0.15, 0.2) is 0 Å². The molecule has 0 fully saturated rings. The summed E-state index contributed by atoms with van der Waals surface area (Å²) >= 11 is 0. The number of aromatic carboxylic acids is 1. The molecule has 44 heavy (non-hydrogen) atoms. The number of nitrogens with one attached hydrogen (secondary N) is 2. The van der Waals surface area contributed by atoms with E-state index in [1.54, 1.807) is 42.5 Å². The number of rotatable bonds is 9. The number of fused-ring (bicyclic) bond motifs is 1. The van der Waals surface area contributed by atoms with Crippen molar-refractivity contribution >= 4 is 34.2 Å². The van der Waals surface area contributed by atoms with Gasteiger partial charge in [-0.1, -0.05) is 42.5 Å². The molecule has 6 aromatic rings. The highest BCUT2D eigenvalue weighted by Gasteiger charge is 2.17. The first-order valence-corrected chi connectivity index (χ1v) is 13.9. The maximum atomic E-state index is 13.6. The average molecular weight is 588 g/mol. The zero-order valence-electron chi connectivity index (χ0n) is 23.4. The topological polar surface area (TPSA) is 83.4 Å². The van der Waals surface area contributed by atoms with Gasteiger partial charge in [-0.15, -0.1) is 0 Å². The molecule has 0 radical (unpaired) electrons. The molecule has 0 aliphatic rings. The quantitative estimate of drug-likeness (QED) is 0.160. The molecule has 0 aliphatic carbocycles. The Labute approximate surface area is 252 Å². The van der Waals surface area contributed by atoms with E-state index in [1.165, 1.54) is 36.4 Å². The van der Waals surface area contributed by atoms with Gasteiger partial charge in [0.1, 0.15) is 11.6 Å². The van der Waals surface area contributed by atoms with Crippen LogP contribution in [0.25, 0.3) is 22.0 Å². The highest BCUT2D eigenvalue weighted by Crippen LogP contribution is 2.32. The van der Waals surface area contributed by atoms with Crippen molar-refractivity contribution in [3.05, 3.63) is 155 Å². The second-order valence-electron chi connectivity index (χ2n) is 10.4. The van der Waals surface area contributed by atoms with Gasteiger partial charge >= 0.3 is 5.97 Å². The number of hydrogen-bond acceptors (Lipinski definition) is 3. The Bertz CT molecular complexity index is 1970. The molecule has 0 spiro atoms. The minimum absolute atomic E-state index is 0.173. The van der Waals surface area contributed by atoms with Crippen LogP contribution in [0.5, 0.6) is 0 Å². The van der Waals surface area contributed by atoms with Crippen molar-refractivity contribution in [3.63, 3.8) is 0 Å². The molecule has 8 heteroatoms. The summed E-state index contributed by atoms with van der Waals surface area (Å²) in [7, 11) is 0. The Hall–Kier alpha value is -5.76. The van der Waals surface area contributed by atoms with Crippen molar-refractivity contribution in [2.24, 2.45) is 0 Å². The minimum Gasteiger partial charge on any atom is -0.478 e. The molecule has 0 bridgehead atoms. The largest absolute Gasteiger partial charge is 0.478 e. The van der Waals surface area contributed by atoms with E-state index in [1.807, 2.05) is 47.2 Å². The Morgan fingerprint density at radius 1 is 0.727 bits per heavy atom. The molecule has 3 N–H and O–H groups in total. The summed E-state index contributed by atoms with van der Waals surface area (Å²) < 4.78 is 29.0. The second-order valence-corrected chi connectivity index (χ2v) is 10.4. The molecule has 6 rings (SSSR count). The lowest BCUT2D eigenvalue weighted by molar-refractivity contribution is 0.0696. The SMILES string of the molecule is O=C(O)c1ccc(CNC(=O)c2ccc(Nc3ccc(F)cc3)c3ccn(Cc4cccc(-c5ccc(F)cc5)c4)c23)cc1. The van der Waals surface area contributed by atoms with Crippen LogP contribution < -0.4 is 10.6 Å². The summed E-state index contributed by atoms with van der Waals surface area (Å²) in [5, 5.41) is 16.3. The third kappa shape index (κ3) is 6.19. The number of hydrogen-bond donors (Lipinski definition) is 3. The zero-order valence-corrected chi connectivity index (χ0v) is 23.4. The third-order valence-corrected chi connectivity index (χ3v) is 7.40. The molecule has 1 aromatic heterocycles. The van der Waals surface area contributed by atoms with Crippen LogP contribution in [0.3, 0.4) is 0 Å². The van der Waals surface area contributed by atoms with Gasteiger partial charge in [-0.05, 0) is 95.1 Å². The number of nitrogens with zero attached hydrogens (tertiary/aromatic N) is 1. The van der Waals surface area contributed by atoms with Crippen molar-refractivity contribution < 1.29 is 23.5 Å². The fourth-order valence-electron chi connectivity index (χ4n) is 5.17. The number of amides is 1. The van der Waals surface area contributed by atoms with Crippen LogP contribution >= 0.6 is 0 Å². The van der Waals surface area contributed by atoms with E-state index in [-0.39, 0.29) is 29.6 Å². The fourth-order valence-corrected chi connectivity index (χ4v) is 5.17. The van der Waals surface area contributed by atoms with E-state index in [0.717, 1.165) is 33.3 Å². The van der Waals surface area contributed by atoms with Crippen molar-refractivity contribution in [1.82, 2.24) is 9.88 Å². The maximum absolute atomic E-state index is 13.6. The second kappa shape index (κ2) is 12.2. The first-order chi connectivity index (χ1) is 21.3. The normalized spacial score (nSPS) is 11.0. The first-order valence-electron chi connectivity index (χ1n) is 13.9. The highest BCUT2D eigenvalue weighted by molar-refractivity contribution is 6.09. The van der Waals surface area contributed by atoms with Gasteiger partial charge in [0.05, 0.1) is 16.6 Å². The highest BCUT2D eigenvalue weighted by atomic mass is 19.1. The lowest BCUT2D eigenvalue weighted by Gasteiger charge is -2.15. The van der Waals surface area contributed by atoms with Crippen LogP contribution in [-0.2, 0) is 13.1 Å². The summed E-state index contributed by atoms with van der Waals surface area (Å²) in [4.78, 5) is 24.8. The molecule has 0 unspecified atom stereocenters. The van der Waals surface area contributed by atoms with Gasteiger partial charge in [-0.2, -0.15) is 0 Å². The predicted octanol–water partition coefficient (Wildman–Crippen LogP) is 8.01. The molecule has 5 aromatic carbocycles. The average Bonchev–Trinajstić information content (AvgIpc) is 3.45. The van der Waals surface area contributed by atoms with Gasteiger partial charge in [0.2, 0.25) is 0 Å². The van der Waals surface area contributed by atoms with E-state index in [9.17, 15) is 18.4 Å². The molecule has 0 saturated carbocycles. The van der Waals surface area contributed by atoms with Gasteiger partial charge < -0.3 is 20.3 Å². The monoisotopic (exact) mass is 587 g/mol. The van der Waals surface area contributed by atoms with Crippen LogP contribution in [0.4, 0.5) is 20.2 Å². The van der Waals surface area contributed by atoms with Crippen LogP contribution in [0.2, 0.25) is 0 Å². The predicted molar refractivity (Wildman–Crippen MR) is 167 cm³/mol. The Balaban J connectivity index is 1.33.